The molecule has 1 N–H and O–H groups in total. The molecule has 0 spiro atoms. The van der Waals surface area contributed by atoms with Gasteiger partial charge in [0.05, 0.1) is 7.11 Å². The summed E-state index contributed by atoms with van der Waals surface area (Å²) in [6, 6.07) is 4.23. The van der Waals surface area contributed by atoms with Gasteiger partial charge in [0.1, 0.15) is 5.56 Å². The lowest BCUT2D eigenvalue weighted by molar-refractivity contribution is 0.0596. The topological polar surface area (TPSA) is 63.6 Å². The first-order chi connectivity index (χ1) is 6.57. The van der Waals surface area contributed by atoms with Crippen LogP contribution in [0.3, 0.4) is 0 Å². The lowest BCUT2D eigenvalue weighted by atomic mass is 10.1. The van der Waals surface area contributed by atoms with Crippen molar-refractivity contribution in [1.82, 2.24) is 0 Å². The van der Waals surface area contributed by atoms with E-state index in [1.165, 1.54) is 19.2 Å². The van der Waals surface area contributed by atoms with Crippen molar-refractivity contribution in [3.63, 3.8) is 0 Å². The van der Waals surface area contributed by atoms with Crippen molar-refractivity contribution in [2.75, 3.05) is 7.11 Å². The number of carbonyl (C=O) groups excluding carboxylic acids is 1. The summed E-state index contributed by atoms with van der Waals surface area (Å²) >= 11 is 0. The highest BCUT2D eigenvalue weighted by Crippen LogP contribution is 2.15. The van der Waals surface area contributed by atoms with Crippen LogP contribution in [-0.2, 0) is 4.74 Å². The van der Waals surface area contributed by atoms with Gasteiger partial charge in [-0.15, -0.1) is 0 Å². The summed E-state index contributed by atoms with van der Waals surface area (Å²) in [5.74, 6) is -1.28. The molecule has 0 amide bonds. The minimum atomic E-state index is -0.715. The van der Waals surface area contributed by atoms with Crippen molar-refractivity contribution in [2.24, 2.45) is 0 Å². The molecule has 14 heavy (non-hydrogen) atoms. The second kappa shape index (κ2) is 3.91. The van der Waals surface area contributed by atoms with E-state index in [4.69, 9.17) is 0 Å². The SMILES string of the molecule is COC(=O)c1c(C)cccc(=O)c1O. The summed E-state index contributed by atoms with van der Waals surface area (Å²) in [6.45, 7) is 1.62. The van der Waals surface area contributed by atoms with Gasteiger partial charge in [-0.3, -0.25) is 4.79 Å². The van der Waals surface area contributed by atoms with Crippen LogP contribution in [0.4, 0.5) is 0 Å². The second-order valence-corrected chi connectivity index (χ2v) is 2.79. The van der Waals surface area contributed by atoms with Crippen LogP contribution in [-0.4, -0.2) is 18.2 Å². The number of rotatable bonds is 1. The van der Waals surface area contributed by atoms with Gasteiger partial charge in [-0.25, -0.2) is 4.79 Å². The van der Waals surface area contributed by atoms with Gasteiger partial charge in [0.15, 0.2) is 5.75 Å². The Labute approximate surface area is 80.8 Å². The minimum absolute atomic E-state index is 0.0810. The highest BCUT2D eigenvalue weighted by atomic mass is 16.5. The maximum absolute atomic E-state index is 11.2. The molecule has 1 aromatic rings. The van der Waals surface area contributed by atoms with Gasteiger partial charge in [-0.05, 0) is 18.6 Å². The summed E-state index contributed by atoms with van der Waals surface area (Å²) in [4.78, 5) is 22.4. The van der Waals surface area contributed by atoms with Gasteiger partial charge >= 0.3 is 5.97 Å². The van der Waals surface area contributed by atoms with Gasteiger partial charge in [0, 0.05) is 0 Å². The fourth-order valence-corrected chi connectivity index (χ4v) is 1.11. The number of hydrogen-bond donors (Lipinski definition) is 1. The first-order valence-corrected chi connectivity index (χ1v) is 3.99. The fraction of sp³-hybridized carbons (Fsp3) is 0.200. The number of methoxy groups -OCH3 is 1. The summed E-state index contributed by atoms with van der Waals surface area (Å²) in [5.41, 5.74) is -0.183. The number of ether oxygens (including phenoxy) is 1. The second-order valence-electron chi connectivity index (χ2n) is 2.79. The Morgan fingerprint density at radius 1 is 1.43 bits per heavy atom. The molecule has 1 aromatic carbocycles. The number of aryl methyl sites for hydroxylation is 1. The highest BCUT2D eigenvalue weighted by Gasteiger charge is 2.15. The predicted octanol–water partition coefficient (Wildman–Crippen LogP) is 0.847. The molecule has 0 unspecified atom stereocenters. The van der Waals surface area contributed by atoms with Gasteiger partial charge in [-0.1, -0.05) is 12.1 Å². The normalized spacial score (nSPS) is 9.57. The largest absolute Gasteiger partial charge is 0.504 e. The molecule has 0 radical (unpaired) electrons. The average molecular weight is 194 g/mol. The van der Waals surface area contributed by atoms with E-state index in [1.807, 2.05) is 0 Å². The lowest BCUT2D eigenvalue weighted by Crippen LogP contribution is -2.07. The summed E-state index contributed by atoms with van der Waals surface area (Å²) in [6.07, 6.45) is 0. The smallest absolute Gasteiger partial charge is 0.342 e. The number of aromatic hydroxyl groups is 1. The molecule has 0 aromatic heterocycles. The van der Waals surface area contributed by atoms with E-state index >= 15 is 0 Å². The number of hydrogen-bond acceptors (Lipinski definition) is 4. The molecule has 0 bridgehead atoms. The Balaban J connectivity index is 3.57. The summed E-state index contributed by atoms with van der Waals surface area (Å²) in [7, 11) is 1.19. The van der Waals surface area contributed by atoms with Crippen LogP contribution in [0.2, 0.25) is 0 Å². The zero-order valence-electron chi connectivity index (χ0n) is 7.90. The molecule has 0 saturated carbocycles. The molecule has 0 aliphatic carbocycles. The Kier molecular flexibility index (Phi) is 2.86. The molecule has 0 fully saturated rings. The number of esters is 1. The predicted molar refractivity (Wildman–Crippen MR) is 50.5 cm³/mol. The monoisotopic (exact) mass is 194 g/mol. The zero-order valence-corrected chi connectivity index (χ0v) is 7.90. The van der Waals surface area contributed by atoms with Crippen LogP contribution >= 0.6 is 0 Å². The van der Waals surface area contributed by atoms with E-state index in [2.05, 4.69) is 4.74 Å². The van der Waals surface area contributed by atoms with Crippen LogP contribution in [0.25, 0.3) is 0 Å². The van der Waals surface area contributed by atoms with Gasteiger partial charge in [0.25, 0.3) is 0 Å². The molecule has 4 heteroatoms. The van der Waals surface area contributed by atoms with E-state index in [1.54, 1.807) is 13.0 Å². The maximum atomic E-state index is 11.2. The third kappa shape index (κ3) is 1.74. The van der Waals surface area contributed by atoms with Gasteiger partial charge in [0.2, 0.25) is 5.43 Å². The van der Waals surface area contributed by atoms with Crippen molar-refractivity contribution in [3.05, 3.63) is 39.5 Å². The van der Waals surface area contributed by atoms with E-state index in [-0.39, 0.29) is 5.56 Å². The zero-order chi connectivity index (χ0) is 10.7. The standard InChI is InChI=1S/C10H10O4/c1-6-4-3-5-7(11)9(12)8(6)10(13)14-2/h3-5H,1-2H3,(H,11,12). The summed E-state index contributed by atoms with van der Waals surface area (Å²) < 4.78 is 4.46. The third-order valence-electron chi connectivity index (χ3n) is 1.85. The fourth-order valence-electron chi connectivity index (χ4n) is 1.11. The van der Waals surface area contributed by atoms with E-state index < -0.39 is 17.1 Å². The van der Waals surface area contributed by atoms with Crippen LogP contribution < -0.4 is 5.43 Å². The van der Waals surface area contributed by atoms with E-state index in [9.17, 15) is 14.7 Å². The highest BCUT2D eigenvalue weighted by molar-refractivity contribution is 5.93. The molecule has 74 valence electrons. The number of carbonyl (C=O) groups is 1. The van der Waals surface area contributed by atoms with Crippen molar-refractivity contribution in [2.45, 2.75) is 6.92 Å². The van der Waals surface area contributed by atoms with E-state index in [0.29, 0.717) is 5.56 Å². The van der Waals surface area contributed by atoms with Crippen LogP contribution in [0.1, 0.15) is 15.9 Å². The lowest BCUT2D eigenvalue weighted by Gasteiger charge is -2.00. The van der Waals surface area contributed by atoms with Gasteiger partial charge < -0.3 is 9.84 Å². The Morgan fingerprint density at radius 3 is 2.64 bits per heavy atom. The summed E-state index contributed by atoms with van der Waals surface area (Å²) in [5, 5.41) is 9.43. The molecule has 1 rings (SSSR count). The van der Waals surface area contributed by atoms with Gasteiger partial charge in [-0.2, -0.15) is 0 Å². The molecular formula is C10H10O4. The van der Waals surface area contributed by atoms with Crippen molar-refractivity contribution >= 4 is 5.97 Å². The van der Waals surface area contributed by atoms with Crippen LogP contribution in [0, 0.1) is 6.92 Å². The molecule has 0 aliphatic heterocycles. The molecule has 0 aliphatic rings. The Morgan fingerprint density at radius 2 is 2.07 bits per heavy atom. The van der Waals surface area contributed by atoms with Crippen molar-refractivity contribution in [3.8, 4) is 5.75 Å². The Hall–Kier alpha value is -1.84. The van der Waals surface area contributed by atoms with Crippen LogP contribution in [0.5, 0.6) is 5.75 Å². The molecule has 0 atom stereocenters. The first-order valence-electron chi connectivity index (χ1n) is 3.99. The quantitative estimate of drug-likeness (QED) is 0.673. The van der Waals surface area contributed by atoms with E-state index in [0.717, 1.165) is 0 Å². The molecule has 0 heterocycles. The Bertz CT molecular complexity index is 423. The van der Waals surface area contributed by atoms with Crippen LogP contribution in [0.15, 0.2) is 23.0 Å². The molecular weight excluding hydrogens is 184 g/mol. The third-order valence-corrected chi connectivity index (χ3v) is 1.85. The van der Waals surface area contributed by atoms with Crippen molar-refractivity contribution in [1.29, 1.82) is 0 Å². The average Bonchev–Trinajstić information content (AvgIpc) is 2.27. The van der Waals surface area contributed by atoms with Crippen molar-refractivity contribution < 1.29 is 14.6 Å². The minimum Gasteiger partial charge on any atom is -0.504 e. The molecule has 4 nitrogen and oxygen atoms in total. The molecule has 0 saturated heterocycles. The maximum Gasteiger partial charge on any atom is 0.342 e. The first kappa shape index (κ1) is 10.2.